The van der Waals surface area contributed by atoms with Gasteiger partial charge in [0.15, 0.2) is 22.5 Å². The first-order valence-corrected chi connectivity index (χ1v) is 12.5. The monoisotopic (exact) mass is 487 g/mol. The molecule has 0 aliphatic heterocycles. The summed E-state index contributed by atoms with van der Waals surface area (Å²) in [7, 11) is -2.44. The molecule has 0 unspecified atom stereocenters. The summed E-state index contributed by atoms with van der Waals surface area (Å²) in [6, 6.07) is 13.8. The Labute approximate surface area is 199 Å². The number of benzene rings is 2. The van der Waals surface area contributed by atoms with Gasteiger partial charge in [0.1, 0.15) is 5.82 Å². The Hall–Kier alpha value is -2.84. The van der Waals surface area contributed by atoms with Crippen molar-refractivity contribution in [1.82, 2.24) is 9.97 Å². The maximum Gasteiger partial charge on any atom is 0.263 e. The topological polar surface area (TPSA) is 90.4 Å². The zero-order chi connectivity index (χ0) is 23.8. The zero-order valence-corrected chi connectivity index (χ0v) is 20.5. The number of sulfonamides is 1. The highest BCUT2D eigenvalue weighted by Gasteiger charge is 2.30. The van der Waals surface area contributed by atoms with Gasteiger partial charge in [-0.1, -0.05) is 56.6 Å². The molecule has 174 valence electrons. The molecule has 3 aromatic rings. The molecule has 0 spiro atoms. The summed E-state index contributed by atoms with van der Waals surface area (Å²) in [5, 5.41) is 0.0265. The smallest absolute Gasteiger partial charge is 0.263 e. The van der Waals surface area contributed by atoms with Gasteiger partial charge in [0.25, 0.3) is 10.0 Å². The Bertz CT molecular complexity index is 1270. The van der Waals surface area contributed by atoms with E-state index in [2.05, 4.69) is 35.5 Å². The number of hydrogen-bond donors (Lipinski definition) is 1. The van der Waals surface area contributed by atoms with Crippen LogP contribution in [0.5, 0.6) is 17.2 Å². The molecule has 7 nitrogen and oxygen atoms in total. The van der Waals surface area contributed by atoms with Crippen molar-refractivity contribution < 1.29 is 17.9 Å². The molecule has 0 atom stereocenters. The molecule has 1 aromatic heterocycles. The average Bonchev–Trinajstić information content (AvgIpc) is 3.61. The van der Waals surface area contributed by atoms with Crippen molar-refractivity contribution in [2.45, 2.75) is 49.8 Å². The minimum Gasteiger partial charge on any atom is -0.493 e. The average molecular weight is 488 g/mol. The first-order valence-electron chi connectivity index (χ1n) is 10.6. The molecule has 33 heavy (non-hydrogen) atoms. The third-order valence-electron chi connectivity index (χ3n) is 5.33. The van der Waals surface area contributed by atoms with Crippen LogP contribution in [-0.2, 0) is 15.4 Å². The Morgan fingerprint density at radius 1 is 1.00 bits per heavy atom. The number of aromatic nitrogens is 2. The van der Waals surface area contributed by atoms with E-state index in [9.17, 15) is 8.42 Å². The van der Waals surface area contributed by atoms with Crippen molar-refractivity contribution in [1.29, 1.82) is 0 Å². The van der Waals surface area contributed by atoms with Crippen LogP contribution in [0, 0.1) is 0 Å². The molecule has 0 saturated heterocycles. The summed E-state index contributed by atoms with van der Waals surface area (Å²) in [5.41, 5.74) is 0.938. The first kappa shape index (κ1) is 23.3. The molecule has 9 heteroatoms. The normalized spacial score (nSPS) is 14.1. The fourth-order valence-electron chi connectivity index (χ4n) is 3.26. The summed E-state index contributed by atoms with van der Waals surface area (Å²) >= 11 is 6.45. The Kier molecular flexibility index (Phi) is 6.24. The van der Waals surface area contributed by atoms with Crippen LogP contribution in [-0.4, -0.2) is 25.5 Å². The highest BCUT2D eigenvalue weighted by molar-refractivity contribution is 7.92. The molecule has 0 amide bonds. The fraction of sp³-hybridized carbons (Fsp3) is 0.333. The summed E-state index contributed by atoms with van der Waals surface area (Å²) in [6.07, 6.45) is 1.87. The molecular weight excluding hydrogens is 462 g/mol. The van der Waals surface area contributed by atoms with Crippen LogP contribution in [0.3, 0.4) is 0 Å². The standard InChI is InChI=1S/C24H26ClN3O4S/c1-24(2,3)16-11-13-17(14-12-16)33(29,30)28-23-20(21(25)26-22(27-23)15-9-10-15)32-19-8-6-5-7-18(19)31-4/h5-8,11-15H,9-10H2,1-4H3,(H,26,27,28). The molecule has 1 heterocycles. The summed E-state index contributed by atoms with van der Waals surface area (Å²) in [6.45, 7) is 6.20. The van der Waals surface area contributed by atoms with Gasteiger partial charge in [0, 0.05) is 5.92 Å². The van der Waals surface area contributed by atoms with Gasteiger partial charge < -0.3 is 9.47 Å². The van der Waals surface area contributed by atoms with Crippen LogP contribution in [0.2, 0.25) is 5.15 Å². The molecule has 0 bridgehead atoms. The molecule has 1 fully saturated rings. The van der Waals surface area contributed by atoms with E-state index >= 15 is 0 Å². The van der Waals surface area contributed by atoms with Crippen molar-refractivity contribution in [3.05, 3.63) is 65.1 Å². The number of anilines is 1. The van der Waals surface area contributed by atoms with Crippen LogP contribution >= 0.6 is 11.6 Å². The number of nitrogens with one attached hydrogen (secondary N) is 1. The second kappa shape index (κ2) is 8.83. The highest BCUT2D eigenvalue weighted by atomic mass is 35.5. The van der Waals surface area contributed by atoms with Crippen LogP contribution in [0.4, 0.5) is 5.82 Å². The minimum absolute atomic E-state index is 0.0114. The van der Waals surface area contributed by atoms with Crippen LogP contribution in [0.15, 0.2) is 53.4 Å². The van der Waals surface area contributed by atoms with E-state index < -0.39 is 10.0 Å². The fourth-order valence-corrected chi connectivity index (χ4v) is 4.48. The predicted octanol–water partition coefficient (Wildman–Crippen LogP) is 5.91. The molecule has 1 N–H and O–H groups in total. The van der Waals surface area contributed by atoms with Gasteiger partial charge >= 0.3 is 0 Å². The number of rotatable bonds is 7. The van der Waals surface area contributed by atoms with Crippen LogP contribution < -0.4 is 14.2 Å². The van der Waals surface area contributed by atoms with Crippen molar-refractivity contribution in [2.75, 3.05) is 11.8 Å². The van der Waals surface area contributed by atoms with E-state index in [1.807, 2.05) is 12.1 Å². The second-order valence-corrected chi connectivity index (χ2v) is 11.0. The lowest BCUT2D eigenvalue weighted by atomic mass is 9.87. The number of nitrogens with zero attached hydrogens (tertiary/aromatic N) is 2. The Balaban J connectivity index is 1.72. The predicted molar refractivity (Wildman–Crippen MR) is 128 cm³/mol. The van der Waals surface area contributed by atoms with Gasteiger partial charge in [-0.05, 0) is 48.1 Å². The summed E-state index contributed by atoms with van der Waals surface area (Å²) in [5.74, 6) is 1.49. The van der Waals surface area contributed by atoms with Gasteiger partial charge in [-0.15, -0.1) is 0 Å². The summed E-state index contributed by atoms with van der Waals surface area (Å²) in [4.78, 5) is 8.92. The molecule has 4 rings (SSSR count). The number of hydrogen-bond acceptors (Lipinski definition) is 6. The largest absolute Gasteiger partial charge is 0.493 e. The van der Waals surface area contributed by atoms with Crippen LogP contribution in [0.25, 0.3) is 0 Å². The second-order valence-electron chi connectivity index (χ2n) is 8.96. The van der Waals surface area contributed by atoms with Gasteiger partial charge in [-0.25, -0.2) is 18.4 Å². The van der Waals surface area contributed by atoms with Crippen molar-refractivity contribution >= 4 is 27.4 Å². The van der Waals surface area contributed by atoms with Gasteiger partial charge in [0.2, 0.25) is 5.75 Å². The molecule has 1 aliphatic rings. The molecule has 0 radical (unpaired) electrons. The number of halogens is 1. The molecule has 2 aromatic carbocycles. The lowest BCUT2D eigenvalue weighted by Crippen LogP contribution is -2.17. The van der Waals surface area contributed by atoms with E-state index in [1.54, 1.807) is 36.4 Å². The number of ether oxygens (including phenoxy) is 2. The van der Waals surface area contributed by atoms with Crippen molar-refractivity contribution in [2.24, 2.45) is 0 Å². The van der Waals surface area contributed by atoms with E-state index in [0.29, 0.717) is 17.3 Å². The third-order valence-corrected chi connectivity index (χ3v) is 6.94. The van der Waals surface area contributed by atoms with Crippen LogP contribution in [0.1, 0.15) is 50.9 Å². The highest BCUT2D eigenvalue weighted by Crippen LogP contribution is 2.43. The zero-order valence-electron chi connectivity index (χ0n) is 18.9. The Morgan fingerprint density at radius 2 is 1.64 bits per heavy atom. The maximum absolute atomic E-state index is 13.2. The minimum atomic E-state index is -3.96. The van der Waals surface area contributed by atoms with Gasteiger partial charge in [-0.2, -0.15) is 0 Å². The molecule has 1 saturated carbocycles. The number of methoxy groups -OCH3 is 1. The van der Waals surface area contributed by atoms with Gasteiger partial charge in [-0.3, -0.25) is 4.72 Å². The molecular formula is C24H26ClN3O4S. The lowest BCUT2D eigenvalue weighted by Gasteiger charge is -2.19. The first-order chi connectivity index (χ1) is 15.6. The summed E-state index contributed by atoms with van der Waals surface area (Å²) < 4.78 is 40.2. The Morgan fingerprint density at radius 3 is 2.21 bits per heavy atom. The lowest BCUT2D eigenvalue weighted by molar-refractivity contribution is 0.378. The number of para-hydroxylation sites is 2. The van der Waals surface area contributed by atoms with Crippen molar-refractivity contribution in [3.8, 4) is 17.2 Å². The quantitative estimate of drug-likeness (QED) is 0.417. The van der Waals surface area contributed by atoms with Gasteiger partial charge in [0.05, 0.1) is 12.0 Å². The molecule has 1 aliphatic carbocycles. The van der Waals surface area contributed by atoms with E-state index in [1.165, 1.54) is 7.11 Å². The SMILES string of the molecule is COc1ccccc1Oc1c(Cl)nc(C2CC2)nc1NS(=O)(=O)c1ccc(C(C)(C)C)cc1. The third kappa shape index (κ3) is 5.23. The van der Waals surface area contributed by atoms with E-state index in [4.69, 9.17) is 21.1 Å². The van der Waals surface area contributed by atoms with E-state index in [-0.39, 0.29) is 32.9 Å². The van der Waals surface area contributed by atoms with Crippen molar-refractivity contribution in [3.63, 3.8) is 0 Å². The maximum atomic E-state index is 13.2. The van der Waals surface area contributed by atoms with E-state index in [0.717, 1.165) is 18.4 Å².